The Morgan fingerprint density at radius 3 is 2.48 bits per heavy atom. The van der Waals surface area contributed by atoms with Crippen molar-refractivity contribution < 1.29 is 13.2 Å². The molecular weight excluding hydrogens is 406 g/mol. The Morgan fingerprint density at radius 1 is 1.22 bits per heavy atom. The molecule has 2 rings (SSSR count). The van der Waals surface area contributed by atoms with Crippen molar-refractivity contribution in [3.8, 4) is 0 Å². The van der Waals surface area contributed by atoms with Crippen molar-refractivity contribution in [2.75, 3.05) is 11.5 Å². The molecule has 1 aliphatic heterocycles. The number of sulfone groups is 1. The highest BCUT2D eigenvalue weighted by Gasteiger charge is 2.41. The van der Waals surface area contributed by atoms with E-state index in [1.54, 1.807) is 18.2 Å². The second-order valence-corrected chi connectivity index (χ2v) is 10.1. The van der Waals surface area contributed by atoms with Gasteiger partial charge in [0.1, 0.15) is 0 Å². The standard InChI is InChI=1S/C13H14Cl4N2O3S/c14-9-3-1-2-8(4-9)5-18-10-6-23(21,22)7-11(10)19-12(20)13(15,16)17/h1-4,10-11,18H,5-7H2,(H,19,20)/t10-,11+/m1/s1. The van der Waals surface area contributed by atoms with Gasteiger partial charge >= 0.3 is 0 Å². The number of benzene rings is 1. The molecule has 0 aromatic heterocycles. The zero-order valence-corrected chi connectivity index (χ0v) is 15.6. The van der Waals surface area contributed by atoms with Crippen LogP contribution in [0.25, 0.3) is 0 Å². The molecule has 0 bridgehead atoms. The zero-order chi connectivity index (χ0) is 17.3. The summed E-state index contributed by atoms with van der Waals surface area (Å²) in [6.45, 7) is 0.404. The van der Waals surface area contributed by atoms with Gasteiger partial charge in [0.05, 0.1) is 17.5 Å². The van der Waals surface area contributed by atoms with Crippen LogP contribution in [0, 0.1) is 0 Å². The largest absolute Gasteiger partial charge is 0.347 e. The van der Waals surface area contributed by atoms with Gasteiger partial charge in [-0.3, -0.25) is 4.79 Å². The number of halogens is 4. The summed E-state index contributed by atoms with van der Waals surface area (Å²) in [6.07, 6.45) is 0. The summed E-state index contributed by atoms with van der Waals surface area (Å²) in [5.41, 5.74) is 0.897. The summed E-state index contributed by atoms with van der Waals surface area (Å²) in [6, 6.07) is 6.03. The molecule has 5 nitrogen and oxygen atoms in total. The number of hydrogen-bond donors (Lipinski definition) is 2. The summed E-state index contributed by atoms with van der Waals surface area (Å²) in [7, 11) is -3.28. The van der Waals surface area contributed by atoms with Crippen LogP contribution in [0.1, 0.15) is 5.56 Å². The Hall–Kier alpha value is -0.240. The minimum atomic E-state index is -3.28. The van der Waals surface area contributed by atoms with E-state index in [0.717, 1.165) is 5.56 Å². The third kappa shape index (κ3) is 5.66. The Morgan fingerprint density at radius 2 is 1.87 bits per heavy atom. The SMILES string of the molecule is O=C(N[C@H]1CS(=O)(=O)C[C@H]1NCc1cccc(Cl)c1)C(Cl)(Cl)Cl. The van der Waals surface area contributed by atoms with E-state index in [-0.39, 0.29) is 11.5 Å². The minimum Gasteiger partial charge on any atom is -0.347 e. The van der Waals surface area contributed by atoms with E-state index in [0.29, 0.717) is 11.6 Å². The predicted molar refractivity (Wildman–Crippen MR) is 93.0 cm³/mol. The molecule has 10 heteroatoms. The maximum atomic E-state index is 11.8. The fourth-order valence-corrected chi connectivity index (χ4v) is 4.61. The third-order valence-electron chi connectivity index (χ3n) is 3.38. The number of alkyl halides is 3. The van der Waals surface area contributed by atoms with Crippen molar-refractivity contribution in [1.82, 2.24) is 10.6 Å². The zero-order valence-electron chi connectivity index (χ0n) is 11.7. The van der Waals surface area contributed by atoms with Crippen molar-refractivity contribution in [3.05, 3.63) is 34.9 Å². The van der Waals surface area contributed by atoms with Crippen molar-refractivity contribution in [1.29, 1.82) is 0 Å². The molecule has 0 radical (unpaired) electrons. The minimum absolute atomic E-state index is 0.0988. The molecule has 23 heavy (non-hydrogen) atoms. The van der Waals surface area contributed by atoms with Crippen LogP contribution in [-0.4, -0.2) is 41.7 Å². The van der Waals surface area contributed by atoms with Crippen LogP contribution in [0.4, 0.5) is 0 Å². The van der Waals surface area contributed by atoms with Crippen molar-refractivity contribution in [2.45, 2.75) is 22.4 Å². The molecule has 1 aromatic rings. The van der Waals surface area contributed by atoms with Gasteiger partial charge in [-0.15, -0.1) is 0 Å². The molecule has 0 saturated carbocycles. The lowest BCUT2D eigenvalue weighted by molar-refractivity contribution is -0.120. The van der Waals surface area contributed by atoms with Crippen LogP contribution in [0.5, 0.6) is 0 Å². The Bertz CT molecular complexity index is 691. The van der Waals surface area contributed by atoms with Gasteiger partial charge in [0.25, 0.3) is 9.70 Å². The molecule has 0 aliphatic carbocycles. The van der Waals surface area contributed by atoms with Crippen molar-refractivity contribution >= 4 is 62.1 Å². The van der Waals surface area contributed by atoms with Gasteiger partial charge in [-0.25, -0.2) is 8.42 Å². The molecular formula is C13H14Cl4N2O3S. The van der Waals surface area contributed by atoms with Crippen LogP contribution < -0.4 is 10.6 Å². The molecule has 1 aliphatic rings. The first-order valence-corrected chi connectivity index (χ1v) is 9.96. The summed E-state index contributed by atoms with van der Waals surface area (Å²) in [4.78, 5) is 11.7. The molecule has 2 N–H and O–H groups in total. The summed E-state index contributed by atoms with van der Waals surface area (Å²) in [5.74, 6) is -1.15. The fraction of sp³-hybridized carbons (Fsp3) is 0.462. The number of carbonyl (C=O) groups is 1. The molecule has 1 heterocycles. The lowest BCUT2D eigenvalue weighted by Crippen LogP contribution is -2.51. The van der Waals surface area contributed by atoms with E-state index < -0.39 is 31.6 Å². The first-order valence-electron chi connectivity index (χ1n) is 6.63. The second kappa shape index (κ2) is 7.33. The molecule has 1 amide bonds. The number of carbonyl (C=O) groups excluding carboxylic acids is 1. The Labute approximate surface area is 154 Å². The summed E-state index contributed by atoms with van der Waals surface area (Å²) >= 11 is 22.4. The molecule has 2 atom stereocenters. The molecule has 1 fully saturated rings. The lowest BCUT2D eigenvalue weighted by Gasteiger charge is -2.22. The second-order valence-electron chi connectivity index (χ2n) is 5.27. The highest BCUT2D eigenvalue weighted by molar-refractivity contribution is 7.91. The first-order chi connectivity index (χ1) is 10.6. The van der Waals surface area contributed by atoms with E-state index in [1.165, 1.54) is 0 Å². The summed E-state index contributed by atoms with van der Waals surface area (Å²) < 4.78 is 21.5. The smallest absolute Gasteiger partial charge is 0.272 e. The van der Waals surface area contributed by atoms with Crippen LogP contribution in [0.2, 0.25) is 5.02 Å². The van der Waals surface area contributed by atoms with Crippen LogP contribution >= 0.6 is 46.4 Å². The monoisotopic (exact) mass is 418 g/mol. The van der Waals surface area contributed by atoms with Crippen LogP contribution in [0.15, 0.2) is 24.3 Å². The molecule has 0 unspecified atom stereocenters. The molecule has 128 valence electrons. The Balaban J connectivity index is 2.04. The average Bonchev–Trinajstić information content (AvgIpc) is 2.70. The highest BCUT2D eigenvalue weighted by Crippen LogP contribution is 2.27. The quantitative estimate of drug-likeness (QED) is 0.732. The maximum Gasteiger partial charge on any atom is 0.272 e. The fourth-order valence-electron chi connectivity index (χ4n) is 2.34. The van der Waals surface area contributed by atoms with Crippen molar-refractivity contribution in [3.63, 3.8) is 0 Å². The normalized spacial score (nSPS) is 23.7. The number of amides is 1. The third-order valence-corrected chi connectivity index (χ3v) is 5.87. The molecule has 1 aromatic carbocycles. The van der Waals surface area contributed by atoms with Gasteiger partial charge in [0, 0.05) is 17.6 Å². The topological polar surface area (TPSA) is 75.3 Å². The highest BCUT2D eigenvalue weighted by atomic mass is 35.6. The van der Waals surface area contributed by atoms with E-state index in [1.807, 2.05) is 6.07 Å². The summed E-state index contributed by atoms with van der Waals surface area (Å²) in [5, 5.41) is 6.16. The predicted octanol–water partition coefficient (Wildman–Crippen LogP) is 2.08. The maximum absolute atomic E-state index is 11.8. The van der Waals surface area contributed by atoms with Gasteiger partial charge in [-0.1, -0.05) is 58.5 Å². The van der Waals surface area contributed by atoms with Gasteiger partial charge < -0.3 is 10.6 Å². The first kappa shape index (κ1) is 19.1. The lowest BCUT2D eigenvalue weighted by atomic mass is 10.1. The van der Waals surface area contributed by atoms with Gasteiger partial charge in [-0.05, 0) is 17.7 Å². The number of rotatable bonds is 4. The molecule has 1 saturated heterocycles. The number of nitrogens with one attached hydrogen (secondary N) is 2. The molecule has 0 spiro atoms. The average molecular weight is 420 g/mol. The van der Waals surface area contributed by atoms with Gasteiger partial charge in [-0.2, -0.15) is 0 Å². The van der Waals surface area contributed by atoms with Crippen molar-refractivity contribution in [2.24, 2.45) is 0 Å². The van der Waals surface area contributed by atoms with Gasteiger partial charge in [0.2, 0.25) is 0 Å². The van der Waals surface area contributed by atoms with E-state index in [4.69, 9.17) is 46.4 Å². The van der Waals surface area contributed by atoms with E-state index in [2.05, 4.69) is 10.6 Å². The Kier molecular flexibility index (Phi) is 6.09. The van der Waals surface area contributed by atoms with Crippen LogP contribution in [0.3, 0.4) is 0 Å². The van der Waals surface area contributed by atoms with E-state index in [9.17, 15) is 13.2 Å². The number of hydrogen-bond acceptors (Lipinski definition) is 4. The van der Waals surface area contributed by atoms with E-state index >= 15 is 0 Å². The van der Waals surface area contributed by atoms with Crippen LogP contribution in [-0.2, 0) is 21.2 Å². The van der Waals surface area contributed by atoms with Gasteiger partial charge in [0.15, 0.2) is 9.84 Å².